The molecule has 6 heteroatoms. The highest BCUT2D eigenvalue weighted by molar-refractivity contribution is 5.93. The van der Waals surface area contributed by atoms with Gasteiger partial charge in [-0.3, -0.25) is 4.79 Å². The first-order valence-electron chi connectivity index (χ1n) is 7.79. The van der Waals surface area contributed by atoms with Crippen molar-refractivity contribution < 1.29 is 9.53 Å². The number of anilines is 2. The highest BCUT2D eigenvalue weighted by atomic mass is 16.5. The normalized spacial score (nSPS) is 22.3. The fourth-order valence-electron chi connectivity index (χ4n) is 2.97. The zero-order valence-electron chi connectivity index (χ0n) is 12.3. The van der Waals surface area contributed by atoms with Gasteiger partial charge in [-0.1, -0.05) is 0 Å². The van der Waals surface area contributed by atoms with Crippen LogP contribution in [0.3, 0.4) is 0 Å². The summed E-state index contributed by atoms with van der Waals surface area (Å²) in [5, 5.41) is 2.95. The Morgan fingerprint density at radius 1 is 1.33 bits per heavy atom. The van der Waals surface area contributed by atoms with E-state index in [4.69, 9.17) is 4.74 Å². The molecule has 1 aromatic heterocycles. The van der Waals surface area contributed by atoms with E-state index in [2.05, 4.69) is 20.2 Å². The molecule has 3 heterocycles. The summed E-state index contributed by atoms with van der Waals surface area (Å²) in [6.07, 6.45) is 9.24. The first-order chi connectivity index (χ1) is 10.3. The van der Waals surface area contributed by atoms with Gasteiger partial charge < -0.3 is 15.0 Å². The average molecular weight is 290 g/mol. The van der Waals surface area contributed by atoms with Crippen LogP contribution < -0.4 is 10.2 Å². The minimum Gasteiger partial charge on any atom is -0.378 e. The van der Waals surface area contributed by atoms with E-state index >= 15 is 0 Å². The van der Waals surface area contributed by atoms with Crippen LogP contribution in [0.4, 0.5) is 11.5 Å². The molecule has 0 spiro atoms. The molecule has 114 valence electrons. The van der Waals surface area contributed by atoms with Crippen molar-refractivity contribution in [2.45, 2.75) is 44.6 Å². The molecule has 21 heavy (non-hydrogen) atoms. The fraction of sp³-hybridized carbons (Fsp3) is 0.667. The van der Waals surface area contributed by atoms with Gasteiger partial charge in [0.25, 0.3) is 0 Å². The van der Waals surface area contributed by atoms with Gasteiger partial charge in [0.15, 0.2) is 5.82 Å². The van der Waals surface area contributed by atoms with Crippen molar-refractivity contribution in [1.29, 1.82) is 0 Å². The first-order valence-corrected chi connectivity index (χ1v) is 7.79. The molecule has 2 fully saturated rings. The molecule has 0 bridgehead atoms. The summed E-state index contributed by atoms with van der Waals surface area (Å²) in [5.74, 6) is 0.817. The molecule has 1 unspecified atom stereocenters. The Morgan fingerprint density at radius 2 is 2.19 bits per heavy atom. The summed E-state index contributed by atoms with van der Waals surface area (Å²) >= 11 is 0. The van der Waals surface area contributed by atoms with Crippen molar-refractivity contribution in [3.8, 4) is 0 Å². The van der Waals surface area contributed by atoms with Gasteiger partial charge in [-0.25, -0.2) is 9.97 Å². The highest BCUT2D eigenvalue weighted by Gasteiger charge is 2.21. The molecule has 2 aliphatic heterocycles. The summed E-state index contributed by atoms with van der Waals surface area (Å²) in [5.41, 5.74) is 0.709. The smallest absolute Gasteiger partial charge is 0.227 e. The zero-order valence-corrected chi connectivity index (χ0v) is 12.3. The minimum absolute atomic E-state index is 0.0165. The van der Waals surface area contributed by atoms with Gasteiger partial charge in [0, 0.05) is 19.7 Å². The molecule has 1 N–H and O–H groups in total. The Bertz CT molecular complexity index is 482. The van der Waals surface area contributed by atoms with E-state index in [1.165, 1.54) is 19.2 Å². The molecule has 2 saturated heterocycles. The van der Waals surface area contributed by atoms with Gasteiger partial charge in [0.1, 0.15) is 12.0 Å². The number of carbonyl (C=O) groups is 1. The van der Waals surface area contributed by atoms with Crippen LogP contribution in [0.5, 0.6) is 0 Å². The van der Waals surface area contributed by atoms with Gasteiger partial charge in [-0.05, 0) is 32.1 Å². The first kappa shape index (κ1) is 14.3. The van der Waals surface area contributed by atoms with Crippen LogP contribution in [0, 0.1) is 0 Å². The molecular formula is C15H22N4O2. The highest BCUT2D eigenvalue weighted by Crippen LogP contribution is 2.26. The van der Waals surface area contributed by atoms with Crippen molar-refractivity contribution in [2.75, 3.05) is 29.9 Å². The van der Waals surface area contributed by atoms with Crippen LogP contribution >= 0.6 is 0 Å². The van der Waals surface area contributed by atoms with Gasteiger partial charge in [0.2, 0.25) is 5.91 Å². The van der Waals surface area contributed by atoms with E-state index in [9.17, 15) is 4.79 Å². The maximum Gasteiger partial charge on any atom is 0.227 e. The standard InChI is InChI=1S/C15H22N4O2/c20-14(9-12-5-1-4-8-21-12)18-13-10-16-11-17-15(13)19-6-2-3-7-19/h10-12H,1-9H2,(H,18,20). The van der Waals surface area contributed by atoms with Crippen molar-refractivity contribution in [2.24, 2.45) is 0 Å². The Balaban J connectivity index is 1.62. The Morgan fingerprint density at radius 3 is 2.95 bits per heavy atom. The summed E-state index contributed by atoms with van der Waals surface area (Å²) in [6.45, 7) is 2.75. The number of aromatic nitrogens is 2. The lowest BCUT2D eigenvalue weighted by Crippen LogP contribution is -2.27. The second kappa shape index (κ2) is 6.85. The quantitative estimate of drug-likeness (QED) is 0.918. The van der Waals surface area contributed by atoms with Crippen LogP contribution in [0.25, 0.3) is 0 Å². The summed E-state index contributed by atoms with van der Waals surface area (Å²) in [4.78, 5) is 22.7. The van der Waals surface area contributed by atoms with E-state index in [-0.39, 0.29) is 12.0 Å². The maximum atomic E-state index is 12.2. The topological polar surface area (TPSA) is 67.3 Å². The number of hydrogen-bond acceptors (Lipinski definition) is 5. The number of rotatable bonds is 4. The third kappa shape index (κ3) is 3.69. The number of amides is 1. The van der Waals surface area contributed by atoms with Crippen LogP contribution in [-0.2, 0) is 9.53 Å². The predicted molar refractivity (Wildman–Crippen MR) is 80.3 cm³/mol. The van der Waals surface area contributed by atoms with Crippen LogP contribution in [0.1, 0.15) is 38.5 Å². The molecule has 1 amide bonds. The maximum absolute atomic E-state index is 12.2. The molecule has 3 rings (SSSR count). The molecule has 1 atom stereocenters. The minimum atomic E-state index is -0.0165. The number of carbonyl (C=O) groups excluding carboxylic acids is 1. The number of ether oxygens (including phenoxy) is 1. The lowest BCUT2D eigenvalue weighted by Gasteiger charge is -2.23. The Kier molecular flexibility index (Phi) is 4.65. The molecule has 0 aliphatic carbocycles. The molecule has 0 aromatic carbocycles. The largest absolute Gasteiger partial charge is 0.378 e. The van der Waals surface area contributed by atoms with Crippen molar-refractivity contribution >= 4 is 17.4 Å². The van der Waals surface area contributed by atoms with E-state index in [1.54, 1.807) is 6.20 Å². The van der Waals surface area contributed by atoms with Gasteiger partial charge in [-0.2, -0.15) is 0 Å². The molecular weight excluding hydrogens is 268 g/mol. The number of hydrogen-bond donors (Lipinski definition) is 1. The average Bonchev–Trinajstić information content (AvgIpc) is 3.03. The van der Waals surface area contributed by atoms with Gasteiger partial charge in [0.05, 0.1) is 18.7 Å². The van der Waals surface area contributed by atoms with Gasteiger partial charge in [-0.15, -0.1) is 0 Å². The number of nitrogens with one attached hydrogen (secondary N) is 1. The predicted octanol–water partition coefficient (Wildman–Crippen LogP) is 1.97. The summed E-state index contributed by atoms with van der Waals surface area (Å²) in [7, 11) is 0. The monoisotopic (exact) mass is 290 g/mol. The lowest BCUT2D eigenvalue weighted by atomic mass is 10.1. The van der Waals surface area contributed by atoms with E-state index in [1.807, 2.05) is 0 Å². The molecule has 0 radical (unpaired) electrons. The second-order valence-corrected chi connectivity index (χ2v) is 5.70. The third-order valence-electron chi connectivity index (χ3n) is 4.06. The molecule has 0 saturated carbocycles. The summed E-state index contributed by atoms with van der Waals surface area (Å²) in [6, 6.07) is 0. The SMILES string of the molecule is O=C(CC1CCCCO1)Nc1cncnc1N1CCCC1. The van der Waals surface area contributed by atoms with Gasteiger partial charge >= 0.3 is 0 Å². The fourth-order valence-corrected chi connectivity index (χ4v) is 2.97. The van der Waals surface area contributed by atoms with Crippen molar-refractivity contribution in [3.05, 3.63) is 12.5 Å². The zero-order chi connectivity index (χ0) is 14.5. The lowest BCUT2D eigenvalue weighted by molar-refractivity contribution is -0.119. The Labute approximate surface area is 124 Å². The third-order valence-corrected chi connectivity index (χ3v) is 4.06. The Hall–Kier alpha value is -1.69. The van der Waals surface area contributed by atoms with Crippen LogP contribution in [0.15, 0.2) is 12.5 Å². The van der Waals surface area contributed by atoms with E-state index in [0.29, 0.717) is 12.1 Å². The molecule has 6 nitrogen and oxygen atoms in total. The molecule has 1 aromatic rings. The second-order valence-electron chi connectivity index (χ2n) is 5.70. The summed E-state index contributed by atoms with van der Waals surface area (Å²) < 4.78 is 5.61. The van der Waals surface area contributed by atoms with Crippen LogP contribution in [-0.4, -0.2) is 41.7 Å². The number of nitrogens with zero attached hydrogens (tertiary/aromatic N) is 3. The van der Waals surface area contributed by atoms with E-state index < -0.39 is 0 Å². The molecule has 2 aliphatic rings. The van der Waals surface area contributed by atoms with Crippen molar-refractivity contribution in [3.63, 3.8) is 0 Å². The van der Waals surface area contributed by atoms with E-state index in [0.717, 1.165) is 44.8 Å². The van der Waals surface area contributed by atoms with Crippen LogP contribution in [0.2, 0.25) is 0 Å². The van der Waals surface area contributed by atoms with Crippen molar-refractivity contribution in [1.82, 2.24) is 9.97 Å².